The fourth-order valence-corrected chi connectivity index (χ4v) is 3.54. The molecular weight excluding hydrogens is 496 g/mol. The van der Waals surface area contributed by atoms with Crippen LogP contribution in [0.3, 0.4) is 0 Å². The fraction of sp³-hybridized carbons (Fsp3) is 0.150. The smallest absolute Gasteiger partial charge is 0.347 e. The molecule has 2 aromatic carbocycles. The van der Waals surface area contributed by atoms with Gasteiger partial charge in [0.2, 0.25) is 0 Å². The Kier molecular flexibility index (Phi) is 10.2. The minimum Gasteiger partial charge on any atom is -0.460 e. The summed E-state index contributed by atoms with van der Waals surface area (Å²) in [5, 5.41) is 8.19. The lowest BCUT2D eigenvalue weighted by atomic mass is 10.2. The van der Waals surface area contributed by atoms with Crippen molar-refractivity contribution in [2.45, 2.75) is 16.7 Å². The van der Waals surface area contributed by atoms with E-state index in [0.29, 0.717) is 5.57 Å². The standard InChI is InChI=1S/C14H10O9S2.C6H10O3/c15-13(9-5-1-3-7-11(9)24(17,18)19)23-14(16)10-6-2-4-8-12(10)25(20,21)22;1-5(2)6(8)9-4-3-7/h1-8H,(H,17,18,19)(H,20,21,22);7H,1,3-4H2,2H3. The van der Waals surface area contributed by atoms with Gasteiger partial charge in [0.15, 0.2) is 0 Å². The zero-order valence-electron chi connectivity index (χ0n) is 17.6. The highest BCUT2D eigenvalue weighted by atomic mass is 32.2. The number of esters is 3. The van der Waals surface area contributed by atoms with Crippen molar-refractivity contribution in [1.29, 1.82) is 0 Å². The van der Waals surface area contributed by atoms with E-state index in [1.54, 1.807) is 6.92 Å². The van der Waals surface area contributed by atoms with Crippen LogP contribution in [0, 0.1) is 0 Å². The van der Waals surface area contributed by atoms with Crippen molar-refractivity contribution in [2.24, 2.45) is 0 Å². The van der Waals surface area contributed by atoms with Crippen molar-refractivity contribution >= 4 is 38.1 Å². The van der Waals surface area contributed by atoms with Gasteiger partial charge in [0.05, 0.1) is 17.7 Å². The molecule has 0 radical (unpaired) electrons. The molecule has 3 N–H and O–H groups in total. The second-order valence-corrected chi connectivity index (χ2v) is 9.04. The monoisotopic (exact) mass is 516 g/mol. The second-order valence-electron chi connectivity index (χ2n) is 6.26. The van der Waals surface area contributed by atoms with Crippen LogP contribution in [0.2, 0.25) is 0 Å². The quantitative estimate of drug-likeness (QED) is 0.206. The summed E-state index contributed by atoms with van der Waals surface area (Å²) in [6.07, 6.45) is 0. The third-order valence-electron chi connectivity index (χ3n) is 3.63. The highest BCUT2D eigenvalue weighted by Crippen LogP contribution is 2.19. The summed E-state index contributed by atoms with van der Waals surface area (Å²) < 4.78 is 72.1. The van der Waals surface area contributed by atoms with Crippen molar-refractivity contribution in [3.05, 3.63) is 71.8 Å². The van der Waals surface area contributed by atoms with Crippen LogP contribution in [0.4, 0.5) is 0 Å². The van der Waals surface area contributed by atoms with Gasteiger partial charge in [0.1, 0.15) is 16.4 Å². The molecule has 0 amide bonds. The van der Waals surface area contributed by atoms with Crippen molar-refractivity contribution in [1.82, 2.24) is 0 Å². The number of hydrogen-bond acceptors (Lipinski definition) is 10. The zero-order chi connectivity index (χ0) is 26.1. The number of ether oxygens (including phenoxy) is 2. The maximum atomic E-state index is 12.0. The van der Waals surface area contributed by atoms with Crippen LogP contribution in [0.1, 0.15) is 27.6 Å². The normalized spacial score (nSPS) is 10.9. The lowest BCUT2D eigenvalue weighted by molar-refractivity contribution is -0.139. The number of carbonyl (C=O) groups is 3. The largest absolute Gasteiger partial charge is 0.460 e. The Bertz CT molecular complexity index is 1210. The number of benzene rings is 2. The second kappa shape index (κ2) is 12.2. The molecule has 0 saturated carbocycles. The van der Waals surface area contributed by atoms with Crippen molar-refractivity contribution < 1.29 is 54.9 Å². The number of aliphatic hydroxyl groups is 1. The molecule has 0 spiro atoms. The molecule has 2 rings (SSSR count). The van der Waals surface area contributed by atoms with Crippen LogP contribution in [-0.4, -0.2) is 62.2 Å². The molecule has 0 aliphatic heterocycles. The molecule has 0 aliphatic rings. The molecule has 0 aromatic heterocycles. The van der Waals surface area contributed by atoms with Crippen molar-refractivity contribution in [2.75, 3.05) is 13.2 Å². The molecule has 0 atom stereocenters. The van der Waals surface area contributed by atoms with E-state index in [0.717, 1.165) is 24.3 Å². The molecule has 0 heterocycles. The number of hydrogen-bond donors (Lipinski definition) is 3. The van der Waals surface area contributed by atoms with Gasteiger partial charge in [-0.2, -0.15) is 16.8 Å². The number of rotatable bonds is 7. The van der Waals surface area contributed by atoms with E-state index in [1.807, 2.05) is 0 Å². The molecular formula is C20H20O12S2. The van der Waals surface area contributed by atoms with Gasteiger partial charge in [-0.1, -0.05) is 30.8 Å². The average molecular weight is 517 g/mol. The summed E-state index contributed by atoms with van der Waals surface area (Å²) in [5.41, 5.74) is -0.895. The van der Waals surface area contributed by atoms with E-state index >= 15 is 0 Å². The first-order valence-corrected chi connectivity index (χ1v) is 11.9. The minimum atomic E-state index is -4.76. The lowest BCUT2D eigenvalue weighted by Gasteiger charge is -2.08. The van der Waals surface area contributed by atoms with Gasteiger partial charge in [-0.15, -0.1) is 0 Å². The molecule has 0 unspecified atom stereocenters. The van der Waals surface area contributed by atoms with E-state index in [2.05, 4.69) is 16.1 Å². The molecule has 0 saturated heterocycles. The maximum absolute atomic E-state index is 12.0. The van der Waals surface area contributed by atoms with E-state index in [4.69, 9.17) is 14.2 Å². The molecule has 184 valence electrons. The van der Waals surface area contributed by atoms with E-state index < -0.39 is 59.1 Å². The number of aliphatic hydroxyl groups excluding tert-OH is 1. The van der Waals surface area contributed by atoms with Crippen LogP contribution in [0.15, 0.2) is 70.5 Å². The molecule has 0 aliphatic carbocycles. The van der Waals surface area contributed by atoms with Gasteiger partial charge < -0.3 is 14.6 Å². The Labute approximate surface area is 194 Å². The minimum absolute atomic E-state index is 0.0473. The van der Waals surface area contributed by atoms with E-state index in [9.17, 15) is 31.2 Å². The van der Waals surface area contributed by atoms with Crippen molar-refractivity contribution in [3.8, 4) is 0 Å². The first-order valence-electron chi connectivity index (χ1n) is 9.03. The molecule has 14 heteroatoms. The van der Waals surface area contributed by atoms with Crippen LogP contribution in [0.5, 0.6) is 0 Å². The fourth-order valence-electron chi connectivity index (χ4n) is 2.18. The molecule has 34 heavy (non-hydrogen) atoms. The maximum Gasteiger partial charge on any atom is 0.347 e. The van der Waals surface area contributed by atoms with Crippen LogP contribution in [-0.2, 0) is 34.5 Å². The molecule has 12 nitrogen and oxygen atoms in total. The Morgan fingerprint density at radius 3 is 1.53 bits per heavy atom. The first kappa shape index (κ1) is 28.6. The van der Waals surface area contributed by atoms with E-state index in [-0.39, 0.29) is 13.2 Å². The van der Waals surface area contributed by atoms with Crippen molar-refractivity contribution in [3.63, 3.8) is 0 Å². The van der Waals surface area contributed by atoms with Crippen LogP contribution < -0.4 is 0 Å². The Morgan fingerprint density at radius 2 is 1.21 bits per heavy atom. The first-order chi connectivity index (χ1) is 15.7. The van der Waals surface area contributed by atoms with Gasteiger partial charge in [-0.05, 0) is 31.2 Å². The van der Waals surface area contributed by atoms with Gasteiger partial charge in [0, 0.05) is 5.57 Å². The summed E-state index contributed by atoms with van der Waals surface area (Å²) in [6.45, 7) is 4.81. The predicted octanol–water partition coefficient (Wildman–Crippen LogP) is 1.28. The Hall–Kier alpha value is -3.43. The third-order valence-corrected chi connectivity index (χ3v) is 5.45. The van der Waals surface area contributed by atoms with Crippen LogP contribution >= 0.6 is 0 Å². The average Bonchev–Trinajstić information content (AvgIpc) is 2.76. The molecule has 2 aromatic rings. The summed E-state index contributed by atoms with van der Waals surface area (Å²) in [6, 6.07) is 8.82. The summed E-state index contributed by atoms with van der Waals surface area (Å²) >= 11 is 0. The molecule has 0 bridgehead atoms. The predicted molar refractivity (Wildman–Crippen MR) is 115 cm³/mol. The van der Waals surface area contributed by atoms with Gasteiger partial charge in [-0.25, -0.2) is 14.4 Å². The van der Waals surface area contributed by atoms with E-state index in [1.165, 1.54) is 24.3 Å². The van der Waals surface area contributed by atoms with Crippen LogP contribution in [0.25, 0.3) is 0 Å². The Balaban J connectivity index is 0.000000546. The Morgan fingerprint density at radius 1 is 0.824 bits per heavy atom. The lowest BCUT2D eigenvalue weighted by Crippen LogP contribution is -2.18. The third kappa shape index (κ3) is 8.49. The SMILES string of the molecule is C=C(C)C(=O)OCCO.O=C(OC(=O)c1ccccc1S(=O)(=O)O)c1ccccc1S(=O)(=O)O. The summed E-state index contributed by atoms with van der Waals surface area (Å²) in [4.78, 5) is 33.0. The summed E-state index contributed by atoms with van der Waals surface area (Å²) in [7, 11) is -9.52. The highest BCUT2D eigenvalue weighted by molar-refractivity contribution is 7.86. The molecule has 0 fully saturated rings. The van der Waals surface area contributed by atoms with Gasteiger partial charge in [-0.3, -0.25) is 9.11 Å². The topological polar surface area (TPSA) is 199 Å². The summed E-state index contributed by atoms with van der Waals surface area (Å²) in [5.74, 6) is -3.31. The highest BCUT2D eigenvalue weighted by Gasteiger charge is 2.26. The zero-order valence-corrected chi connectivity index (χ0v) is 19.2. The van der Waals surface area contributed by atoms with Gasteiger partial charge in [0.25, 0.3) is 20.2 Å². The number of carbonyl (C=O) groups excluding carboxylic acids is 3. The van der Waals surface area contributed by atoms with Gasteiger partial charge >= 0.3 is 17.9 Å².